The highest BCUT2D eigenvalue weighted by Crippen LogP contribution is 2.22. The first-order chi connectivity index (χ1) is 7.65. The minimum absolute atomic E-state index is 0.138. The van der Waals surface area contributed by atoms with Gasteiger partial charge < -0.3 is 9.84 Å². The van der Waals surface area contributed by atoms with E-state index in [1.165, 1.54) is 13.2 Å². The minimum atomic E-state index is -0.609. The number of esters is 1. The molecule has 3 nitrogen and oxygen atoms in total. The number of aliphatic hydroxyl groups excluding tert-OH is 1. The predicted molar refractivity (Wildman–Crippen MR) is 61.7 cm³/mol. The quantitative estimate of drug-likeness (QED) is 0.624. The minimum Gasteiger partial charge on any atom is -0.466 e. The molecule has 0 saturated carbocycles. The molecule has 1 aromatic rings. The summed E-state index contributed by atoms with van der Waals surface area (Å²) in [5, 5.41) is 9.97. The van der Waals surface area contributed by atoms with Crippen LogP contribution in [0.1, 0.15) is 18.6 Å². The molecule has 1 N–H and O–H groups in total. The number of aliphatic hydroxyl groups is 1. The first kappa shape index (κ1) is 12.5. The largest absolute Gasteiger partial charge is 0.466 e. The van der Waals surface area contributed by atoms with Crippen LogP contribution in [-0.2, 0) is 9.53 Å². The molecule has 0 radical (unpaired) electrons. The van der Waals surface area contributed by atoms with Gasteiger partial charge in [0.1, 0.15) is 0 Å². The van der Waals surface area contributed by atoms with Crippen LogP contribution in [0.25, 0.3) is 0 Å². The molecule has 0 aliphatic heterocycles. The number of carbonyl (C=O) groups excluding carboxylic acids is 1. The first-order valence-electron chi connectivity index (χ1n) is 5.14. The fourth-order valence-corrected chi connectivity index (χ4v) is 1.36. The molecule has 16 heavy (non-hydrogen) atoms. The summed E-state index contributed by atoms with van der Waals surface area (Å²) >= 11 is 0. The second-order valence-corrected chi connectivity index (χ2v) is 3.60. The normalized spacial score (nSPS) is 14.7. The van der Waals surface area contributed by atoms with Crippen molar-refractivity contribution in [2.45, 2.75) is 13.0 Å². The van der Waals surface area contributed by atoms with Crippen LogP contribution in [0.2, 0.25) is 0 Å². The maximum absolute atomic E-state index is 10.9. The lowest BCUT2D eigenvalue weighted by atomic mass is 9.97. The van der Waals surface area contributed by atoms with E-state index >= 15 is 0 Å². The Labute approximate surface area is 95.4 Å². The van der Waals surface area contributed by atoms with Crippen LogP contribution in [0.3, 0.4) is 0 Å². The Balaban J connectivity index is 2.64. The molecule has 0 spiro atoms. The highest BCUT2D eigenvalue weighted by atomic mass is 16.5. The topological polar surface area (TPSA) is 46.5 Å². The van der Waals surface area contributed by atoms with Crippen molar-refractivity contribution in [3.63, 3.8) is 0 Å². The number of rotatable bonds is 4. The van der Waals surface area contributed by atoms with Gasteiger partial charge >= 0.3 is 5.97 Å². The van der Waals surface area contributed by atoms with Crippen LogP contribution in [0.5, 0.6) is 0 Å². The third kappa shape index (κ3) is 3.51. The summed E-state index contributed by atoms with van der Waals surface area (Å²) < 4.78 is 4.48. The Morgan fingerprint density at radius 2 is 2.00 bits per heavy atom. The molecule has 86 valence electrons. The van der Waals surface area contributed by atoms with Crippen LogP contribution in [0.4, 0.5) is 0 Å². The van der Waals surface area contributed by atoms with E-state index in [-0.39, 0.29) is 5.92 Å². The second-order valence-electron chi connectivity index (χ2n) is 3.60. The third-order valence-electron chi connectivity index (χ3n) is 2.38. The molecule has 2 atom stereocenters. The first-order valence-corrected chi connectivity index (χ1v) is 5.14. The average Bonchev–Trinajstić information content (AvgIpc) is 2.35. The number of hydrogen-bond donors (Lipinski definition) is 1. The Bertz CT molecular complexity index is 357. The highest BCUT2D eigenvalue weighted by Gasteiger charge is 2.13. The summed E-state index contributed by atoms with van der Waals surface area (Å²) in [6.07, 6.45) is 2.36. The van der Waals surface area contributed by atoms with Gasteiger partial charge in [0.2, 0.25) is 0 Å². The van der Waals surface area contributed by atoms with E-state index < -0.39 is 12.1 Å². The van der Waals surface area contributed by atoms with Gasteiger partial charge in [-0.05, 0) is 5.56 Å². The van der Waals surface area contributed by atoms with Gasteiger partial charge in [-0.3, -0.25) is 0 Å². The zero-order valence-electron chi connectivity index (χ0n) is 9.46. The van der Waals surface area contributed by atoms with Crippen molar-refractivity contribution in [3.05, 3.63) is 48.0 Å². The molecule has 0 aromatic heterocycles. The Morgan fingerprint density at radius 1 is 1.38 bits per heavy atom. The zero-order valence-corrected chi connectivity index (χ0v) is 9.46. The van der Waals surface area contributed by atoms with E-state index in [2.05, 4.69) is 4.74 Å². The van der Waals surface area contributed by atoms with Crippen molar-refractivity contribution in [3.8, 4) is 0 Å². The van der Waals surface area contributed by atoms with Crippen LogP contribution in [0, 0.1) is 5.92 Å². The van der Waals surface area contributed by atoms with Crippen molar-refractivity contribution >= 4 is 5.97 Å². The van der Waals surface area contributed by atoms with Crippen molar-refractivity contribution in [2.75, 3.05) is 7.11 Å². The van der Waals surface area contributed by atoms with Gasteiger partial charge in [0, 0.05) is 12.0 Å². The summed E-state index contributed by atoms with van der Waals surface area (Å²) in [6, 6.07) is 9.34. The lowest BCUT2D eigenvalue weighted by molar-refractivity contribution is -0.134. The van der Waals surface area contributed by atoms with Gasteiger partial charge in [0.05, 0.1) is 13.2 Å². The molecule has 0 unspecified atom stereocenters. The fraction of sp³-hybridized carbons (Fsp3) is 0.308. The van der Waals surface area contributed by atoms with E-state index in [4.69, 9.17) is 0 Å². The lowest BCUT2D eigenvalue weighted by Gasteiger charge is -2.15. The van der Waals surface area contributed by atoms with E-state index in [0.717, 1.165) is 5.56 Å². The SMILES string of the molecule is COC(=O)/C=C/[C@@H](C)[C@H](O)c1ccccc1. The number of methoxy groups -OCH3 is 1. The van der Waals surface area contributed by atoms with Crippen LogP contribution < -0.4 is 0 Å². The molecular formula is C13H16O3. The fourth-order valence-electron chi connectivity index (χ4n) is 1.36. The lowest BCUT2D eigenvalue weighted by Crippen LogP contribution is -2.07. The third-order valence-corrected chi connectivity index (χ3v) is 2.38. The number of benzene rings is 1. The number of carbonyl (C=O) groups is 1. The molecule has 0 aliphatic rings. The second kappa shape index (κ2) is 6.08. The van der Waals surface area contributed by atoms with Gasteiger partial charge in [0.15, 0.2) is 0 Å². The molecule has 0 fully saturated rings. The maximum atomic E-state index is 10.9. The van der Waals surface area contributed by atoms with Gasteiger partial charge in [-0.2, -0.15) is 0 Å². The molecule has 0 amide bonds. The highest BCUT2D eigenvalue weighted by molar-refractivity contribution is 5.81. The van der Waals surface area contributed by atoms with Gasteiger partial charge in [0.25, 0.3) is 0 Å². The molecule has 1 aromatic carbocycles. The molecule has 0 heterocycles. The van der Waals surface area contributed by atoms with Crippen LogP contribution in [-0.4, -0.2) is 18.2 Å². The Kier molecular flexibility index (Phi) is 4.73. The van der Waals surface area contributed by atoms with E-state index in [1.807, 2.05) is 37.3 Å². The maximum Gasteiger partial charge on any atom is 0.330 e. The standard InChI is InChI=1S/C13H16O3/c1-10(8-9-12(14)16-2)13(15)11-6-4-3-5-7-11/h3-10,13,15H,1-2H3/b9-8+/t10-,13+/m1/s1. The van der Waals surface area contributed by atoms with Crippen LogP contribution in [0.15, 0.2) is 42.5 Å². The molecular weight excluding hydrogens is 204 g/mol. The number of hydrogen-bond acceptors (Lipinski definition) is 3. The van der Waals surface area contributed by atoms with E-state index in [9.17, 15) is 9.90 Å². The monoisotopic (exact) mass is 220 g/mol. The van der Waals surface area contributed by atoms with Crippen molar-refractivity contribution in [2.24, 2.45) is 5.92 Å². The summed E-state index contributed by atoms with van der Waals surface area (Å²) in [7, 11) is 1.32. The molecule has 0 bridgehead atoms. The van der Waals surface area contributed by atoms with Crippen molar-refractivity contribution in [1.82, 2.24) is 0 Å². The molecule has 3 heteroatoms. The summed E-state index contributed by atoms with van der Waals surface area (Å²) in [5.74, 6) is -0.548. The zero-order chi connectivity index (χ0) is 12.0. The van der Waals surface area contributed by atoms with E-state index in [1.54, 1.807) is 6.08 Å². The Morgan fingerprint density at radius 3 is 2.56 bits per heavy atom. The predicted octanol–water partition coefficient (Wildman–Crippen LogP) is 2.09. The van der Waals surface area contributed by atoms with Gasteiger partial charge in [-0.15, -0.1) is 0 Å². The Hall–Kier alpha value is -1.61. The van der Waals surface area contributed by atoms with Gasteiger partial charge in [-0.25, -0.2) is 4.79 Å². The molecule has 1 rings (SSSR count). The smallest absolute Gasteiger partial charge is 0.330 e. The van der Waals surface area contributed by atoms with Gasteiger partial charge in [-0.1, -0.05) is 43.3 Å². The molecule has 0 saturated heterocycles. The molecule has 0 aliphatic carbocycles. The summed E-state index contributed by atoms with van der Waals surface area (Å²) in [4.78, 5) is 10.9. The summed E-state index contributed by atoms with van der Waals surface area (Å²) in [6.45, 7) is 1.84. The average molecular weight is 220 g/mol. The van der Waals surface area contributed by atoms with Crippen molar-refractivity contribution in [1.29, 1.82) is 0 Å². The van der Waals surface area contributed by atoms with Crippen molar-refractivity contribution < 1.29 is 14.6 Å². The summed E-state index contributed by atoms with van der Waals surface area (Å²) in [5.41, 5.74) is 0.838. The van der Waals surface area contributed by atoms with Crippen LogP contribution >= 0.6 is 0 Å². The number of ether oxygens (including phenoxy) is 1. The van der Waals surface area contributed by atoms with E-state index in [0.29, 0.717) is 0 Å².